The van der Waals surface area contributed by atoms with Crippen LogP contribution in [0, 0.1) is 23.2 Å². The highest BCUT2D eigenvalue weighted by atomic mass is 28.4. The summed E-state index contributed by atoms with van der Waals surface area (Å²) in [5, 5.41) is 0. The third-order valence-electron chi connectivity index (χ3n) is 7.77. The highest BCUT2D eigenvalue weighted by molar-refractivity contribution is 6.90. The van der Waals surface area contributed by atoms with Crippen molar-refractivity contribution in [1.29, 1.82) is 0 Å². The number of hydrogen-bond acceptors (Lipinski definition) is 3. The minimum absolute atomic E-state index is 0.0593. The van der Waals surface area contributed by atoms with E-state index in [2.05, 4.69) is 78.1 Å². The minimum atomic E-state index is -1.49. The maximum absolute atomic E-state index is 6.95. The molecule has 0 aromatic rings. The van der Waals surface area contributed by atoms with Crippen LogP contribution in [0.15, 0.2) is 0 Å². The quantitative estimate of drug-likeness (QED) is 0.530. The smallest absolute Gasteiger partial charge is 0.404 e. The van der Waals surface area contributed by atoms with Crippen molar-refractivity contribution in [2.75, 3.05) is 0 Å². The summed E-state index contributed by atoms with van der Waals surface area (Å²) in [4.78, 5) is 0. The van der Waals surface area contributed by atoms with Crippen molar-refractivity contribution >= 4 is 23.6 Å². The molecule has 0 radical (unpaired) electrons. The van der Waals surface area contributed by atoms with Gasteiger partial charge in [-0.25, -0.2) is 0 Å². The van der Waals surface area contributed by atoms with Gasteiger partial charge in [-0.15, -0.1) is 0 Å². The Bertz CT molecular complexity index is 558. The molecular formula is C21H44BNO2Si2. The van der Waals surface area contributed by atoms with Crippen LogP contribution < -0.4 is 0 Å². The molecule has 6 heteroatoms. The molecular weight excluding hydrogens is 365 g/mol. The van der Waals surface area contributed by atoms with Crippen molar-refractivity contribution in [3.63, 3.8) is 0 Å². The summed E-state index contributed by atoms with van der Waals surface area (Å²) in [6.45, 7) is 27.0. The molecule has 3 saturated carbocycles. The molecule has 0 spiro atoms. The Morgan fingerprint density at radius 1 is 1.00 bits per heavy atom. The normalized spacial score (nSPS) is 36.8. The molecule has 1 unspecified atom stereocenters. The fraction of sp³-hybridized carbons (Fsp3) is 1.00. The predicted molar refractivity (Wildman–Crippen MR) is 122 cm³/mol. The van der Waals surface area contributed by atoms with Crippen LogP contribution in [0.1, 0.15) is 53.9 Å². The van der Waals surface area contributed by atoms with Gasteiger partial charge in [0, 0.05) is 5.94 Å². The maximum Gasteiger partial charge on any atom is 0.474 e. The van der Waals surface area contributed by atoms with Gasteiger partial charge in [-0.1, -0.05) is 67.0 Å². The second kappa shape index (κ2) is 6.69. The number of nitrogens with zero attached hydrogens (tertiary/aromatic N) is 1. The lowest BCUT2D eigenvalue weighted by molar-refractivity contribution is -0.199. The topological polar surface area (TPSA) is 21.7 Å². The highest BCUT2D eigenvalue weighted by Gasteiger charge is 2.69. The Hall–Kier alpha value is 0.379. The molecule has 1 aliphatic heterocycles. The van der Waals surface area contributed by atoms with E-state index in [1.165, 1.54) is 19.3 Å². The molecule has 4 aliphatic rings. The van der Waals surface area contributed by atoms with Crippen LogP contribution in [0.3, 0.4) is 0 Å². The monoisotopic (exact) mass is 409 g/mol. The van der Waals surface area contributed by atoms with Gasteiger partial charge in [-0.2, -0.15) is 0 Å². The summed E-state index contributed by atoms with van der Waals surface area (Å²) in [5.74, 6) is 2.51. The second-order valence-corrected chi connectivity index (χ2v) is 22.8. The molecule has 5 atom stereocenters. The van der Waals surface area contributed by atoms with Gasteiger partial charge in [0.15, 0.2) is 0 Å². The van der Waals surface area contributed by atoms with Gasteiger partial charge in [-0.05, 0) is 49.4 Å². The fourth-order valence-corrected chi connectivity index (χ4v) is 17.4. The van der Waals surface area contributed by atoms with Crippen molar-refractivity contribution in [2.45, 2.75) is 111 Å². The van der Waals surface area contributed by atoms with E-state index >= 15 is 0 Å². The van der Waals surface area contributed by atoms with Gasteiger partial charge in [0.25, 0.3) is 0 Å². The van der Waals surface area contributed by atoms with E-state index in [0.29, 0.717) is 29.3 Å². The van der Waals surface area contributed by atoms with Crippen molar-refractivity contribution in [3.05, 3.63) is 0 Å². The average molecular weight is 410 g/mol. The van der Waals surface area contributed by atoms with Crippen LogP contribution in [0.25, 0.3) is 0 Å². The molecule has 27 heavy (non-hydrogen) atoms. The Balaban J connectivity index is 1.91. The van der Waals surface area contributed by atoms with Gasteiger partial charge in [0.1, 0.15) is 16.5 Å². The summed E-state index contributed by atoms with van der Waals surface area (Å²) < 4.78 is 16.7. The molecule has 4 rings (SSSR count). The first-order valence-corrected chi connectivity index (χ1v) is 18.1. The van der Waals surface area contributed by atoms with E-state index in [1.807, 2.05) is 0 Å². The van der Waals surface area contributed by atoms with Gasteiger partial charge < -0.3 is 13.5 Å². The van der Waals surface area contributed by atoms with Crippen molar-refractivity contribution in [1.82, 2.24) is 4.23 Å². The van der Waals surface area contributed by atoms with Gasteiger partial charge in [0.05, 0.1) is 11.7 Å². The van der Waals surface area contributed by atoms with Crippen LogP contribution in [0.5, 0.6) is 0 Å². The van der Waals surface area contributed by atoms with Crippen molar-refractivity contribution < 1.29 is 9.31 Å². The van der Waals surface area contributed by atoms with E-state index in [4.69, 9.17) is 9.31 Å². The molecule has 3 nitrogen and oxygen atoms in total. The molecule has 156 valence electrons. The van der Waals surface area contributed by atoms with E-state index in [-0.39, 0.29) is 12.7 Å². The summed E-state index contributed by atoms with van der Waals surface area (Å²) in [6.07, 6.45) is 3.97. The molecule has 0 N–H and O–H groups in total. The first kappa shape index (κ1) is 22.1. The highest BCUT2D eigenvalue weighted by Crippen LogP contribution is 2.66. The van der Waals surface area contributed by atoms with Crippen molar-refractivity contribution in [3.8, 4) is 0 Å². The third kappa shape index (κ3) is 3.67. The minimum Gasteiger partial charge on any atom is -0.404 e. The van der Waals surface area contributed by atoms with E-state index in [1.54, 1.807) is 0 Å². The number of rotatable bonds is 6. The lowest BCUT2D eigenvalue weighted by atomic mass is 9.43. The fourth-order valence-electron chi connectivity index (χ4n) is 6.89. The molecule has 4 fully saturated rings. The summed E-state index contributed by atoms with van der Waals surface area (Å²) in [6, 6.07) is 0. The number of hydrogen-bond donors (Lipinski definition) is 0. The zero-order valence-corrected chi connectivity index (χ0v) is 21.8. The Morgan fingerprint density at radius 2 is 1.56 bits per heavy atom. The van der Waals surface area contributed by atoms with Crippen LogP contribution in [0.4, 0.5) is 0 Å². The molecule has 3 aliphatic carbocycles. The van der Waals surface area contributed by atoms with E-state index < -0.39 is 16.5 Å². The first-order valence-electron chi connectivity index (χ1n) is 11.2. The Kier molecular flexibility index (Phi) is 5.47. The molecule has 1 heterocycles. The van der Waals surface area contributed by atoms with Crippen LogP contribution >= 0.6 is 0 Å². The predicted octanol–water partition coefficient (Wildman–Crippen LogP) is 5.64. The summed E-state index contributed by atoms with van der Waals surface area (Å²) in [7, 11) is -3.04. The molecule has 1 saturated heterocycles. The lowest BCUT2D eigenvalue weighted by Gasteiger charge is -2.64. The maximum atomic E-state index is 6.95. The Labute approximate surface area is 171 Å². The molecule has 0 amide bonds. The second-order valence-electron chi connectivity index (χ2n) is 12.7. The van der Waals surface area contributed by atoms with E-state index in [9.17, 15) is 0 Å². The zero-order valence-electron chi connectivity index (χ0n) is 19.8. The standard InChI is InChI=1S/C21H44BNO2Si2/c1-15(2)12-19(23(26(6,7)8)27(9,10)11)22-24-18-14-16-13-17(20(16,3)4)21(18,5)25-22/h15-19H,12-14H2,1-11H3/t16?,17-,18+,19-,21-/m0/s1. The van der Waals surface area contributed by atoms with Crippen LogP contribution in [-0.2, 0) is 9.31 Å². The van der Waals surface area contributed by atoms with Crippen LogP contribution in [-0.4, -0.2) is 45.5 Å². The SMILES string of the molecule is CC(C)C[C@@H](B1O[C@@H]2CC3C[C@@H](C3(C)C)[C@]2(C)O1)N([Si](C)(C)C)[Si](C)(C)C. The molecule has 0 aromatic carbocycles. The largest absolute Gasteiger partial charge is 0.474 e. The lowest BCUT2D eigenvalue weighted by Crippen LogP contribution is -2.68. The van der Waals surface area contributed by atoms with Gasteiger partial charge >= 0.3 is 7.12 Å². The first-order chi connectivity index (χ1) is 12.1. The summed E-state index contributed by atoms with van der Waals surface area (Å²) in [5.41, 5.74) is 0.316. The van der Waals surface area contributed by atoms with Gasteiger partial charge in [-0.3, -0.25) is 0 Å². The molecule has 0 aromatic heterocycles. The van der Waals surface area contributed by atoms with Crippen molar-refractivity contribution in [2.24, 2.45) is 23.2 Å². The van der Waals surface area contributed by atoms with Crippen LogP contribution in [0.2, 0.25) is 39.3 Å². The van der Waals surface area contributed by atoms with Gasteiger partial charge in [0.2, 0.25) is 0 Å². The summed E-state index contributed by atoms with van der Waals surface area (Å²) >= 11 is 0. The van der Waals surface area contributed by atoms with E-state index in [0.717, 1.165) is 5.92 Å². The third-order valence-corrected chi connectivity index (χ3v) is 15.4. The Morgan fingerprint density at radius 3 is 2.00 bits per heavy atom. The zero-order chi connectivity index (χ0) is 20.6. The average Bonchev–Trinajstić information content (AvgIpc) is 2.79. The molecule has 2 bridgehead atoms.